The summed E-state index contributed by atoms with van der Waals surface area (Å²) in [4.78, 5) is 38.0. The fraction of sp³-hybridized carbons (Fsp3) is 0.455. The number of anilines is 2. The minimum absolute atomic E-state index is 0.0629. The molecule has 1 aromatic carbocycles. The van der Waals surface area contributed by atoms with E-state index >= 15 is 0 Å². The van der Waals surface area contributed by atoms with E-state index in [1.54, 1.807) is 18.5 Å². The standard InChI is InChI=1S/C22H25N5O2/c28-20-7-2-6-19-17-10-15(13-27(19)20)12-26(14-17)21(29)16-4-1-5-18(11-16)25-22-23-8-3-9-24-22/h1,3-5,8-9,11,15,17,19H,2,6-7,10,12-14H2,(H,23,24,25)/t15-,17-,19?/m0/s1. The first-order valence-corrected chi connectivity index (χ1v) is 10.4. The molecule has 2 bridgehead atoms. The van der Waals surface area contributed by atoms with E-state index in [2.05, 4.69) is 20.2 Å². The number of likely N-dealkylation sites (tertiary alicyclic amines) is 1. The molecular formula is C22H25N5O2. The number of hydrogen-bond acceptors (Lipinski definition) is 5. The highest BCUT2D eigenvalue weighted by Gasteiger charge is 2.44. The predicted molar refractivity (Wildman–Crippen MR) is 109 cm³/mol. The average molecular weight is 391 g/mol. The summed E-state index contributed by atoms with van der Waals surface area (Å²) in [5, 5.41) is 3.15. The van der Waals surface area contributed by atoms with E-state index in [-0.39, 0.29) is 5.91 Å². The topological polar surface area (TPSA) is 78.4 Å². The van der Waals surface area contributed by atoms with Gasteiger partial charge in [0.2, 0.25) is 11.9 Å². The normalized spacial score (nSPS) is 26.1. The number of carbonyl (C=O) groups is 2. The molecule has 0 spiro atoms. The third-order valence-electron chi connectivity index (χ3n) is 6.40. The van der Waals surface area contributed by atoms with Crippen molar-refractivity contribution in [1.82, 2.24) is 19.8 Å². The molecule has 150 valence electrons. The number of fused-ring (bicyclic) bond motifs is 4. The summed E-state index contributed by atoms with van der Waals surface area (Å²) in [6.07, 6.45) is 7.22. The summed E-state index contributed by atoms with van der Waals surface area (Å²) in [6.45, 7) is 2.27. The Hall–Kier alpha value is -2.96. The highest BCUT2D eigenvalue weighted by atomic mass is 16.2. The van der Waals surface area contributed by atoms with E-state index < -0.39 is 0 Å². The van der Waals surface area contributed by atoms with E-state index in [0.717, 1.165) is 44.6 Å². The molecule has 3 fully saturated rings. The van der Waals surface area contributed by atoms with Gasteiger partial charge < -0.3 is 15.1 Å². The van der Waals surface area contributed by atoms with Gasteiger partial charge in [0.05, 0.1) is 0 Å². The van der Waals surface area contributed by atoms with Gasteiger partial charge in [0.1, 0.15) is 0 Å². The van der Waals surface area contributed by atoms with Crippen molar-refractivity contribution in [3.05, 3.63) is 48.3 Å². The van der Waals surface area contributed by atoms with E-state index in [9.17, 15) is 9.59 Å². The first-order chi connectivity index (χ1) is 14.2. The number of piperidine rings is 3. The van der Waals surface area contributed by atoms with Crippen molar-refractivity contribution < 1.29 is 9.59 Å². The van der Waals surface area contributed by atoms with Crippen LogP contribution in [-0.4, -0.2) is 57.3 Å². The van der Waals surface area contributed by atoms with Crippen LogP contribution in [0.5, 0.6) is 0 Å². The monoisotopic (exact) mass is 391 g/mol. The Bertz CT molecular complexity index is 918. The van der Waals surface area contributed by atoms with Crippen LogP contribution < -0.4 is 5.32 Å². The molecule has 3 saturated heterocycles. The lowest BCUT2D eigenvalue weighted by molar-refractivity contribution is -0.144. The van der Waals surface area contributed by atoms with Crippen LogP contribution >= 0.6 is 0 Å². The van der Waals surface area contributed by atoms with Gasteiger partial charge in [-0.15, -0.1) is 0 Å². The van der Waals surface area contributed by atoms with Gasteiger partial charge in [-0.3, -0.25) is 9.59 Å². The first kappa shape index (κ1) is 18.1. The van der Waals surface area contributed by atoms with Crippen molar-refractivity contribution in [2.24, 2.45) is 11.8 Å². The van der Waals surface area contributed by atoms with Gasteiger partial charge in [-0.1, -0.05) is 6.07 Å². The maximum Gasteiger partial charge on any atom is 0.253 e. The molecule has 1 unspecified atom stereocenters. The maximum atomic E-state index is 13.2. The number of aromatic nitrogens is 2. The molecule has 2 amide bonds. The lowest BCUT2D eigenvalue weighted by atomic mass is 9.76. The highest BCUT2D eigenvalue weighted by molar-refractivity contribution is 5.95. The van der Waals surface area contributed by atoms with Crippen LogP contribution in [0.15, 0.2) is 42.7 Å². The molecule has 1 N–H and O–H groups in total. The van der Waals surface area contributed by atoms with Crippen molar-refractivity contribution in [2.75, 3.05) is 25.0 Å². The summed E-state index contributed by atoms with van der Waals surface area (Å²) < 4.78 is 0. The van der Waals surface area contributed by atoms with Crippen molar-refractivity contribution in [2.45, 2.75) is 31.7 Å². The molecule has 7 nitrogen and oxygen atoms in total. The fourth-order valence-electron chi connectivity index (χ4n) is 5.18. The number of carbonyl (C=O) groups excluding carboxylic acids is 2. The Morgan fingerprint density at radius 1 is 1.10 bits per heavy atom. The van der Waals surface area contributed by atoms with Crippen LogP contribution in [0.25, 0.3) is 0 Å². The van der Waals surface area contributed by atoms with Gasteiger partial charge in [0, 0.05) is 55.7 Å². The van der Waals surface area contributed by atoms with Crippen molar-refractivity contribution >= 4 is 23.5 Å². The van der Waals surface area contributed by atoms with Crippen molar-refractivity contribution in [3.8, 4) is 0 Å². The van der Waals surface area contributed by atoms with Crippen molar-refractivity contribution in [3.63, 3.8) is 0 Å². The van der Waals surface area contributed by atoms with Gasteiger partial charge in [0.25, 0.3) is 5.91 Å². The smallest absolute Gasteiger partial charge is 0.253 e. The van der Waals surface area contributed by atoms with Crippen LogP contribution in [0.2, 0.25) is 0 Å². The second-order valence-electron chi connectivity index (χ2n) is 8.36. The fourth-order valence-corrected chi connectivity index (χ4v) is 5.18. The van der Waals surface area contributed by atoms with Crippen LogP contribution in [0, 0.1) is 11.8 Å². The lowest BCUT2D eigenvalue weighted by Crippen LogP contribution is -2.61. The van der Waals surface area contributed by atoms with Crippen LogP contribution in [0.4, 0.5) is 11.6 Å². The number of nitrogens with one attached hydrogen (secondary N) is 1. The molecule has 7 heteroatoms. The van der Waals surface area contributed by atoms with Crippen molar-refractivity contribution in [1.29, 1.82) is 0 Å². The molecule has 1 aromatic heterocycles. The van der Waals surface area contributed by atoms with Gasteiger partial charge in [-0.25, -0.2) is 9.97 Å². The number of rotatable bonds is 3. The number of hydrogen-bond donors (Lipinski definition) is 1. The predicted octanol–water partition coefficient (Wildman–Crippen LogP) is 2.69. The molecule has 0 radical (unpaired) electrons. The Labute approximate surface area is 170 Å². The Balaban J connectivity index is 1.31. The van der Waals surface area contributed by atoms with E-state index in [1.165, 1.54) is 0 Å². The largest absolute Gasteiger partial charge is 0.339 e. The Kier molecular flexibility index (Phi) is 4.66. The summed E-state index contributed by atoms with van der Waals surface area (Å²) in [7, 11) is 0. The third kappa shape index (κ3) is 3.57. The second-order valence-corrected chi connectivity index (χ2v) is 8.36. The van der Waals surface area contributed by atoms with Crippen LogP contribution in [0.3, 0.4) is 0 Å². The molecule has 3 aliphatic heterocycles. The highest BCUT2D eigenvalue weighted by Crippen LogP contribution is 2.38. The zero-order valence-electron chi connectivity index (χ0n) is 16.3. The summed E-state index contributed by atoms with van der Waals surface area (Å²) >= 11 is 0. The van der Waals surface area contributed by atoms with Gasteiger partial charge in [0.15, 0.2) is 0 Å². The molecule has 2 aromatic rings. The number of amides is 2. The molecule has 5 rings (SSSR count). The summed E-state index contributed by atoms with van der Waals surface area (Å²) in [5.41, 5.74) is 1.46. The minimum Gasteiger partial charge on any atom is -0.339 e. The zero-order chi connectivity index (χ0) is 19.8. The van der Waals surface area contributed by atoms with E-state index in [4.69, 9.17) is 0 Å². The minimum atomic E-state index is 0.0629. The summed E-state index contributed by atoms with van der Waals surface area (Å²) in [5.74, 6) is 1.65. The Morgan fingerprint density at radius 2 is 1.97 bits per heavy atom. The summed E-state index contributed by atoms with van der Waals surface area (Å²) in [6, 6.07) is 9.58. The molecule has 0 saturated carbocycles. The number of nitrogens with zero attached hydrogens (tertiary/aromatic N) is 4. The zero-order valence-corrected chi connectivity index (χ0v) is 16.3. The van der Waals surface area contributed by atoms with Crippen LogP contribution in [-0.2, 0) is 4.79 Å². The van der Waals surface area contributed by atoms with Gasteiger partial charge in [-0.05, 0) is 55.4 Å². The molecule has 3 aliphatic rings. The third-order valence-corrected chi connectivity index (χ3v) is 6.40. The second kappa shape index (κ2) is 7.46. The van der Waals surface area contributed by atoms with Gasteiger partial charge in [-0.2, -0.15) is 0 Å². The molecular weight excluding hydrogens is 366 g/mol. The molecule has 4 heterocycles. The van der Waals surface area contributed by atoms with Crippen LogP contribution in [0.1, 0.15) is 36.0 Å². The van der Waals surface area contributed by atoms with Gasteiger partial charge >= 0.3 is 0 Å². The Morgan fingerprint density at radius 3 is 2.83 bits per heavy atom. The first-order valence-electron chi connectivity index (χ1n) is 10.4. The lowest BCUT2D eigenvalue weighted by Gasteiger charge is -2.52. The SMILES string of the molecule is O=C(c1cccc(Nc2ncccn2)c1)N1C[C@@H]2C[C@@H](C1)C1CCCC(=O)N1C2. The molecule has 29 heavy (non-hydrogen) atoms. The maximum absolute atomic E-state index is 13.2. The average Bonchev–Trinajstić information content (AvgIpc) is 2.75. The molecule has 3 atom stereocenters. The quantitative estimate of drug-likeness (QED) is 0.870. The number of benzene rings is 1. The van der Waals surface area contributed by atoms with E-state index in [0.29, 0.717) is 41.7 Å². The van der Waals surface area contributed by atoms with E-state index in [1.807, 2.05) is 29.2 Å². The molecule has 0 aliphatic carbocycles.